The van der Waals surface area contributed by atoms with Gasteiger partial charge in [-0.3, -0.25) is 4.57 Å². The maximum absolute atomic E-state index is 4.20. The van der Waals surface area contributed by atoms with Crippen LogP contribution in [0.5, 0.6) is 0 Å². The summed E-state index contributed by atoms with van der Waals surface area (Å²) in [5, 5.41) is 15.7. The number of rotatable bonds is 3. The van der Waals surface area contributed by atoms with Gasteiger partial charge in [0.2, 0.25) is 5.95 Å². The number of anilines is 1. The second-order valence-electron chi connectivity index (χ2n) is 4.18. The molecule has 2 aromatic rings. The van der Waals surface area contributed by atoms with E-state index >= 15 is 0 Å². The van der Waals surface area contributed by atoms with Crippen LogP contribution >= 0.6 is 11.5 Å². The molecule has 0 bridgehead atoms. The van der Waals surface area contributed by atoms with Crippen LogP contribution in [0, 0.1) is 6.92 Å². The number of aromatic nitrogens is 5. The van der Waals surface area contributed by atoms with Crippen molar-refractivity contribution in [2.45, 2.75) is 39.3 Å². The summed E-state index contributed by atoms with van der Waals surface area (Å²) < 4.78 is 6.09. The third kappa shape index (κ3) is 2.02. The Morgan fingerprint density at radius 3 is 3.06 bits per heavy atom. The summed E-state index contributed by atoms with van der Waals surface area (Å²) in [4.78, 5) is 1.15. The lowest BCUT2D eigenvalue weighted by molar-refractivity contribution is 0.525. The molecule has 0 unspecified atom stereocenters. The molecule has 0 spiro atoms. The van der Waals surface area contributed by atoms with E-state index in [0.29, 0.717) is 0 Å². The van der Waals surface area contributed by atoms with E-state index in [1.165, 1.54) is 24.4 Å². The van der Waals surface area contributed by atoms with Crippen molar-refractivity contribution in [1.82, 2.24) is 24.4 Å². The first kappa shape index (κ1) is 10.6. The van der Waals surface area contributed by atoms with E-state index in [4.69, 9.17) is 0 Å². The standard InChI is InChI=1S/C10H14N6S/c1-7-8(17-15-12-7)6-11-10-14-13-9-4-2-3-5-16(9)10/h2-6H2,1H3,(H,11,14). The Morgan fingerprint density at radius 1 is 1.29 bits per heavy atom. The van der Waals surface area contributed by atoms with E-state index < -0.39 is 0 Å². The summed E-state index contributed by atoms with van der Waals surface area (Å²) in [6, 6.07) is 0. The van der Waals surface area contributed by atoms with Crippen molar-refractivity contribution in [3.05, 3.63) is 16.4 Å². The van der Waals surface area contributed by atoms with Crippen molar-refractivity contribution >= 4 is 17.5 Å². The van der Waals surface area contributed by atoms with E-state index in [2.05, 4.69) is 29.7 Å². The van der Waals surface area contributed by atoms with Gasteiger partial charge in [-0.15, -0.1) is 15.3 Å². The van der Waals surface area contributed by atoms with Crippen LogP contribution in [-0.2, 0) is 19.5 Å². The van der Waals surface area contributed by atoms with Gasteiger partial charge in [-0.25, -0.2) is 0 Å². The Bertz CT molecular complexity index is 517. The Balaban J connectivity index is 1.73. The number of aryl methyl sites for hydroxylation is 2. The van der Waals surface area contributed by atoms with E-state index in [9.17, 15) is 0 Å². The van der Waals surface area contributed by atoms with Crippen LogP contribution in [-0.4, -0.2) is 24.4 Å². The van der Waals surface area contributed by atoms with Crippen molar-refractivity contribution in [2.24, 2.45) is 0 Å². The Labute approximate surface area is 103 Å². The highest BCUT2D eigenvalue weighted by molar-refractivity contribution is 7.05. The average Bonchev–Trinajstić information content (AvgIpc) is 2.93. The van der Waals surface area contributed by atoms with E-state index in [-0.39, 0.29) is 0 Å². The summed E-state index contributed by atoms with van der Waals surface area (Å²) >= 11 is 1.43. The molecule has 1 N–H and O–H groups in total. The fourth-order valence-electron chi connectivity index (χ4n) is 2.01. The molecule has 0 saturated heterocycles. The van der Waals surface area contributed by atoms with Gasteiger partial charge in [-0.05, 0) is 31.3 Å². The summed E-state index contributed by atoms with van der Waals surface area (Å²) in [6.45, 7) is 3.71. The second kappa shape index (κ2) is 4.40. The van der Waals surface area contributed by atoms with Gasteiger partial charge in [0.1, 0.15) is 5.82 Å². The maximum Gasteiger partial charge on any atom is 0.224 e. The fourth-order valence-corrected chi connectivity index (χ4v) is 2.58. The van der Waals surface area contributed by atoms with Crippen molar-refractivity contribution in [3.63, 3.8) is 0 Å². The normalized spacial score (nSPS) is 14.6. The van der Waals surface area contributed by atoms with E-state index in [1.54, 1.807) is 0 Å². The van der Waals surface area contributed by atoms with E-state index in [0.717, 1.165) is 41.9 Å². The molecule has 1 aliphatic rings. The lowest BCUT2D eigenvalue weighted by Crippen LogP contribution is -2.14. The van der Waals surface area contributed by atoms with E-state index in [1.807, 2.05) is 6.92 Å². The molecule has 2 aromatic heterocycles. The Morgan fingerprint density at radius 2 is 2.24 bits per heavy atom. The highest BCUT2D eigenvalue weighted by atomic mass is 32.1. The molecule has 3 rings (SSSR count). The molecule has 7 heteroatoms. The zero-order valence-electron chi connectivity index (χ0n) is 9.68. The Hall–Kier alpha value is -1.50. The number of nitrogens with one attached hydrogen (secondary N) is 1. The zero-order valence-corrected chi connectivity index (χ0v) is 10.5. The Kier molecular flexibility index (Phi) is 2.76. The largest absolute Gasteiger partial charge is 0.349 e. The van der Waals surface area contributed by atoms with Crippen LogP contribution in [0.2, 0.25) is 0 Å². The molecule has 0 aromatic carbocycles. The average molecular weight is 250 g/mol. The third-order valence-electron chi connectivity index (χ3n) is 3.01. The molecular formula is C10H14N6S. The monoisotopic (exact) mass is 250 g/mol. The third-order valence-corrected chi connectivity index (χ3v) is 3.84. The summed E-state index contributed by atoms with van der Waals surface area (Å²) in [5.41, 5.74) is 0.987. The summed E-state index contributed by atoms with van der Waals surface area (Å²) in [6.07, 6.45) is 3.46. The molecule has 0 atom stereocenters. The topological polar surface area (TPSA) is 68.5 Å². The number of hydrogen-bond donors (Lipinski definition) is 1. The molecule has 3 heterocycles. The minimum Gasteiger partial charge on any atom is -0.349 e. The van der Waals surface area contributed by atoms with Crippen LogP contribution in [0.15, 0.2) is 0 Å². The molecule has 1 aliphatic heterocycles. The first-order chi connectivity index (χ1) is 8.34. The molecule has 0 saturated carbocycles. The van der Waals surface area contributed by atoms with Gasteiger partial charge in [-0.2, -0.15) is 0 Å². The van der Waals surface area contributed by atoms with Gasteiger partial charge >= 0.3 is 0 Å². The lowest BCUT2D eigenvalue weighted by Gasteiger charge is -2.14. The number of nitrogens with zero attached hydrogens (tertiary/aromatic N) is 5. The molecule has 0 aliphatic carbocycles. The van der Waals surface area contributed by atoms with Crippen molar-refractivity contribution in [3.8, 4) is 0 Å². The SMILES string of the molecule is Cc1nnsc1CNc1nnc2n1CCCC2. The van der Waals surface area contributed by atoms with Crippen molar-refractivity contribution < 1.29 is 0 Å². The quantitative estimate of drug-likeness (QED) is 0.891. The number of fused-ring (bicyclic) bond motifs is 1. The smallest absolute Gasteiger partial charge is 0.224 e. The molecule has 0 amide bonds. The molecule has 0 radical (unpaired) electrons. The van der Waals surface area contributed by atoms with Gasteiger partial charge in [-0.1, -0.05) is 4.49 Å². The predicted molar refractivity (Wildman–Crippen MR) is 64.9 cm³/mol. The molecule has 0 fully saturated rings. The van der Waals surface area contributed by atoms with Gasteiger partial charge in [0.25, 0.3) is 0 Å². The fraction of sp³-hybridized carbons (Fsp3) is 0.600. The number of hydrogen-bond acceptors (Lipinski definition) is 6. The van der Waals surface area contributed by atoms with Crippen LogP contribution in [0.3, 0.4) is 0 Å². The second-order valence-corrected chi connectivity index (χ2v) is 5.02. The molecular weight excluding hydrogens is 236 g/mol. The maximum atomic E-state index is 4.20. The molecule has 6 nitrogen and oxygen atoms in total. The first-order valence-electron chi connectivity index (χ1n) is 5.78. The minimum absolute atomic E-state index is 0.724. The predicted octanol–water partition coefficient (Wildman–Crippen LogP) is 1.39. The van der Waals surface area contributed by atoms with Crippen molar-refractivity contribution in [2.75, 3.05) is 5.32 Å². The van der Waals surface area contributed by atoms with Gasteiger partial charge < -0.3 is 5.32 Å². The minimum atomic E-state index is 0.724. The van der Waals surface area contributed by atoms with Crippen LogP contribution in [0.1, 0.15) is 29.2 Å². The van der Waals surface area contributed by atoms with Crippen LogP contribution in [0.4, 0.5) is 5.95 Å². The molecule has 90 valence electrons. The van der Waals surface area contributed by atoms with Crippen LogP contribution < -0.4 is 5.32 Å². The van der Waals surface area contributed by atoms with Gasteiger partial charge in [0.05, 0.1) is 17.1 Å². The van der Waals surface area contributed by atoms with Crippen LogP contribution in [0.25, 0.3) is 0 Å². The summed E-state index contributed by atoms with van der Waals surface area (Å²) in [5.74, 6) is 1.96. The highest BCUT2D eigenvalue weighted by Gasteiger charge is 2.15. The molecule has 17 heavy (non-hydrogen) atoms. The first-order valence-corrected chi connectivity index (χ1v) is 6.56. The van der Waals surface area contributed by atoms with Crippen molar-refractivity contribution in [1.29, 1.82) is 0 Å². The summed E-state index contributed by atoms with van der Waals surface area (Å²) in [7, 11) is 0. The van der Waals surface area contributed by atoms with Gasteiger partial charge in [0.15, 0.2) is 0 Å². The van der Waals surface area contributed by atoms with Gasteiger partial charge in [0, 0.05) is 13.0 Å². The lowest BCUT2D eigenvalue weighted by atomic mass is 10.2. The highest BCUT2D eigenvalue weighted by Crippen LogP contribution is 2.18. The zero-order chi connectivity index (χ0) is 11.7.